The number of ketones is 2. The van der Waals surface area contributed by atoms with Crippen LogP contribution in [0.4, 0.5) is 0 Å². The van der Waals surface area contributed by atoms with Crippen LogP contribution in [-0.4, -0.2) is 29.8 Å². The van der Waals surface area contributed by atoms with Crippen LogP contribution in [0.1, 0.15) is 47.8 Å². The van der Waals surface area contributed by atoms with E-state index in [4.69, 9.17) is 4.74 Å². The number of carbonyl (C=O) groups excluding carboxylic acids is 2. The first-order valence-electron chi connectivity index (χ1n) is 6.60. The maximum atomic E-state index is 12.7. The average Bonchev–Trinajstić information content (AvgIpc) is 2.51. The van der Waals surface area contributed by atoms with Gasteiger partial charge in [0.25, 0.3) is 0 Å². The van der Waals surface area contributed by atoms with Crippen molar-refractivity contribution in [3.05, 3.63) is 63.7 Å². The molecule has 0 bridgehead atoms. The number of fused-ring (bicyclic) bond motifs is 2. The van der Waals surface area contributed by atoms with E-state index >= 15 is 0 Å². The molecule has 5 nitrogen and oxygen atoms in total. The zero-order valence-corrected chi connectivity index (χ0v) is 12.0. The standard InChI is InChI=1S/C17H12O5/c1-8-13-11(7-12(22-2)14(8)17(20)21)15(18)9-5-3-4-6-10(9)16(13)19/h3-7H,1-2H3,(H,20,21). The van der Waals surface area contributed by atoms with E-state index in [9.17, 15) is 19.5 Å². The first kappa shape index (κ1) is 14.0. The third kappa shape index (κ3) is 1.75. The minimum atomic E-state index is -1.20. The van der Waals surface area contributed by atoms with E-state index in [1.54, 1.807) is 24.3 Å². The number of benzene rings is 2. The van der Waals surface area contributed by atoms with Crippen LogP contribution in [0.2, 0.25) is 0 Å². The maximum absolute atomic E-state index is 12.7. The Hall–Kier alpha value is -2.95. The monoisotopic (exact) mass is 296 g/mol. The summed E-state index contributed by atoms with van der Waals surface area (Å²) in [6.45, 7) is 1.52. The van der Waals surface area contributed by atoms with Crippen molar-refractivity contribution in [1.82, 2.24) is 0 Å². The zero-order valence-electron chi connectivity index (χ0n) is 12.0. The lowest BCUT2D eigenvalue weighted by Gasteiger charge is -2.21. The molecule has 22 heavy (non-hydrogen) atoms. The lowest BCUT2D eigenvalue weighted by molar-refractivity contribution is 0.0692. The normalized spacial score (nSPS) is 12.6. The molecule has 0 fully saturated rings. The number of hydrogen-bond donors (Lipinski definition) is 1. The Balaban J connectivity index is 2.39. The van der Waals surface area contributed by atoms with Crippen molar-refractivity contribution in [3.8, 4) is 5.75 Å². The molecule has 0 aromatic heterocycles. The van der Waals surface area contributed by atoms with E-state index in [0.717, 1.165) is 0 Å². The summed E-state index contributed by atoms with van der Waals surface area (Å²) in [6.07, 6.45) is 0. The molecule has 0 atom stereocenters. The highest BCUT2D eigenvalue weighted by atomic mass is 16.5. The number of rotatable bonds is 2. The van der Waals surface area contributed by atoms with Gasteiger partial charge in [-0.15, -0.1) is 0 Å². The van der Waals surface area contributed by atoms with Crippen LogP contribution in [0.3, 0.4) is 0 Å². The van der Waals surface area contributed by atoms with Crippen molar-refractivity contribution in [2.75, 3.05) is 7.11 Å². The molecule has 0 spiro atoms. The van der Waals surface area contributed by atoms with Gasteiger partial charge in [-0.25, -0.2) is 4.79 Å². The predicted molar refractivity (Wildman–Crippen MR) is 78.0 cm³/mol. The Morgan fingerprint density at radius 3 is 2.18 bits per heavy atom. The number of hydrogen-bond acceptors (Lipinski definition) is 4. The Bertz CT molecular complexity index is 848. The number of ether oxygens (including phenoxy) is 1. The Kier molecular flexibility index (Phi) is 3.06. The smallest absolute Gasteiger partial charge is 0.339 e. The Labute approximate surface area is 126 Å². The summed E-state index contributed by atoms with van der Waals surface area (Å²) < 4.78 is 5.08. The second-order valence-electron chi connectivity index (χ2n) is 5.01. The van der Waals surface area contributed by atoms with E-state index in [1.807, 2.05) is 0 Å². The summed E-state index contributed by atoms with van der Waals surface area (Å²) in [5, 5.41) is 9.35. The number of carboxylic acid groups (broad SMARTS) is 1. The highest BCUT2D eigenvalue weighted by Gasteiger charge is 2.34. The van der Waals surface area contributed by atoms with Crippen LogP contribution in [-0.2, 0) is 0 Å². The maximum Gasteiger partial charge on any atom is 0.339 e. The fourth-order valence-corrected chi connectivity index (χ4v) is 2.84. The van der Waals surface area contributed by atoms with Crippen LogP contribution >= 0.6 is 0 Å². The van der Waals surface area contributed by atoms with Gasteiger partial charge in [-0.3, -0.25) is 9.59 Å². The van der Waals surface area contributed by atoms with Gasteiger partial charge in [-0.05, 0) is 18.6 Å². The molecular formula is C17H12O5. The summed E-state index contributed by atoms with van der Waals surface area (Å²) in [7, 11) is 1.33. The summed E-state index contributed by atoms with van der Waals surface area (Å²) in [5.41, 5.74) is 1.09. The first-order valence-corrected chi connectivity index (χ1v) is 6.60. The minimum Gasteiger partial charge on any atom is -0.496 e. The van der Waals surface area contributed by atoms with Gasteiger partial charge in [0.1, 0.15) is 11.3 Å². The SMILES string of the molecule is COc1cc2c(c(C)c1C(=O)O)C(=O)c1ccccc1C2=O. The van der Waals surface area contributed by atoms with Crippen molar-refractivity contribution in [1.29, 1.82) is 0 Å². The van der Waals surface area contributed by atoms with Gasteiger partial charge in [-0.1, -0.05) is 24.3 Å². The summed E-state index contributed by atoms with van der Waals surface area (Å²) in [4.78, 5) is 36.7. The molecule has 5 heteroatoms. The van der Waals surface area contributed by atoms with Crippen molar-refractivity contribution in [3.63, 3.8) is 0 Å². The van der Waals surface area contributed by atoms with E-state index in [1.165, 1.54) is 20.1 Å². The molecule has 0 saturated heterocycles. The van der Waals surface area contributed by atoms with E-state index in [2.05, 4.69) is 0 Å². The van der Waals surface area contributed by atoms with Crippen LogP contribution in [0.15, 0.2) is 30.3 Å². The number of carboxylic acids is 1. The van der Waals surface area contributed by atoms with Gasteiger partial charge in [0.15, 0.2) is 11.6 Å². The van der Waals surface area contributed by atoms with Gasteiger partial charge >= 0.3 is 5.97 Å². The fraction of sp³-hybridized carbons (Fsp3) is 0.118. The van der Waals surface area contributed by atoms with Crippen molar-refractivity contribution in [2.45, 2.75) is 6.92 Å². The van der Waals surface area contributed by atoms with Crippen molar-refractivity contribution in [2.24, 2.45) is 0 Å². The molecule has 0 unspecified atom stereocenters. The van der Waals surface area contributed by atoms with Crippen LogP contribution < -0.4 is 4.74 Å². The van der Waals surface area contributed by atoms with Gasteiger partial charge < -0.3 is 9.84 Å². The topological polar surface area (TPSA) is 80.7 Å². The average molecular weight is 296 g/mol. The Morgan fingerprint density at radius 1 is 1.05 bits per heavy atom. The Morgan fingerprint density at radius 2 is 1.64 bits per heavy atom. The van der Waals surface area contributed by atoms with E-state index in [-0.39, 0.29) is 39.6 Å². The van der Waals surface area contributed by atoms with Crippen LogP contribution in [0, 0.1) is 6.92 Å². The summed E-state index contributed by atoms with van der Waals surface area (Å²) >= 11 is 0. The quantitative estimate of drug-likeness (QED) is 0.785. The van der Waals surface area contributed by atoms with Gasteiger partial charge in [0.2, 0.25) is 0 Å². The molecule has 110 valence electrons. The highest BCUT2D eigenvalue weighted by molar-refractivity contribution is 6.29. The predicted octanol–water partition coefficient (Wildman–Crippen LogP) is 2.48. The van der Waals surface area contributed by atoms with Gasteiger partial charge in [0, 0.05) is 22.3 Å². The van der Waals surface area contributed by atoms with Crippen LogP contribution in [0.5, 0.6) is 5.75 Å². The molecule has 0 saturated carbocycles. The third-order valence-corrected chi connectivity index (χ3v) is 3.86. The summed E-state index contributed by atoms with van der Waals surface area (Å²) in [5.74, 6) is -1.77. The van der Waals surface area contributed by atoms with E-state index < -0.39 is 5.97 Å². The van der Waals surface area contributed by atoms with Crippen LogP contribution in [0.25, 0.3) is 0 Å². The number of aromatic carboxylic acids is 1. The second kappa shape index (κ2) is 4.80. The molecule has 1 aliphatic carbocycles. The van der Waals surface area contributed by atoms with Crippen molar-refractivity contribution >= 4 is 17.5 Å². The number of methoxy groups -OCH3 is 1. The molecule has 0 heterocycles. The van der Waals surface area contributed by atoms with Gasteiger partial charge in [0.05, 0.1) is 7.11 Å². The summed E-state index contributed by atoms with van der Waals surface area (Å²) in [6, 6.07) is 7.85. The minimum absolute atomic E-state index is 0.0734. The molecular weight excluding hydrogens is 284 g/mol. The lowest BCUT2D eigenvalue weighted by atomic mass is 9.80. The molecule has 2 aromatic rings. The zero-order chi connectivity index (χ0) is 16.0. The molecule has 0 aliphatic heterocycles. The molecule has 0 amide bonds. The van der Waals surface area contributed by atoms with Gasteiger partial charge in [-0.2, -0.15) is 0 Å². The highest BCUT2D eigenvalue weighted by Crippen LogP contribution is 2.35. The fourth-order valence-electron chi connectivity index (χ4n) is 2.84. The third-order valence-electron chi connectivity index (χ3n) is 3.86. The molecule has 0 radical (unpaired) electrons. The molecule has 1 N–H and O–H groups in total. The van der Waals surface area contributed by atoms with Crippen molar-refractivity contribution < 1.29 is 24.2 Å². The second-order valence-corrected chi connectivity index (χ2v) is 5.01. The number of carbonyl (C=O) groups is 3. The molecule has 3 rings (SSSR count). The lowest BCUT2D eigenvalue weighted by Crippen LogP contribution is -2.23. The largest absolute Gasteiger partial charge is 0.496 e. The first-order chi connectivity index (χ1) is 10.5. The molecule has 2 aromatic carbocycles. The molecule has 1 aliphatic rings. The van der Waals surface area contributed by atoms with E-state index in [0.29, 0.717) is 11.1 Å².